The maximum absolute atomic E-state index is 11.1. The molecule has 152 valence electrons. The van der Waals surface area contributed by atoms with Crippen molar-refractivity contribution in [1.29, 1.82) is 0 Å². The van der Waals surface area contributed by atoms with Crippen molar-refractivity contribution in [2.45, 2.75) is 45.4 Å². The normalized spacial score (nSPS) is 20.1. The molecular formula is C20H29N5O3. The van der Waals surface area contributed by atoms with Crippen LogP contribution in [0.3, 0.4) is 0 Å². The van der Waals surface area contributed by atoms with Crippen LogP contribution >= 0.6 is 0 Å². The van der Waals surface area contributed by atoms with Crippen molar-refractivity contribution in [3.8, 4) is 0 Å². The molecule has 8 nitrogen and oxygen atoms in total. The lowest BCUT2D eigenvalue weighted by Crippen LogP contribution is -2.27. The second-order valence-electron chi connectivity index (χ2n) is 7.48. The second kappa shape index (κ2) is 8.97. The summed E-state index contributed by atoms with van der Waals surface area (Å²) in [5.74, 6) is 0.796. The van der Waals surface area contributed by atoms with Crippen molar-refractivity contribution < 1.29 is 14.7 Å². The van der Waals surface area contributed by atoms with Gasteiger partial charge in [-0.15, -0.1) is 0 Å². The third-order valence-electron chi connectivity index (χ3n) is 5.29. The maximum atomic E-state index is 11.1. The van der Waals surface area contributed by atoms with E-state index in [2.05, 4.69) is 16.4 Å². The number of benzene rings is 1. The number of aryl methyl sites for hydroxylation is 2. The number of carbonyl (C=O) groups excluding carboxylic acids is 1. The molecule has 4 rings (SSSR count). The molecule has 1 unspecified atom stereocenters. The van der Waals surface area contributed by atoms with E-state index in [1.807, 2.05) is 12.4 Å². The fourth-order valence-electron chi connectivity index (χ4n) is 3.97. The first-order valence-corrected chi connectivity index (χ1v) is 9.76. The first kappa shape index (κ1) is 20.0. The topological polar surface area (TPSA) is 135 Å². The lowest BCUT2D eigenvalue weighted by molar-refractivity contribution is 0.187. The second-order valence-corrected chi connectivity index (χ2v) is 7.48. The Morgan fingerprint density at radius 2 is 1.89 bits per heavy atom. The highest BCUT2D eigenvalue weighted by Gasteiger charge is 2.24. The molecule has 0 spiro atoms. The fraction of sp³-hybridized carbons (Fsp3) is 0.500. The summed E-state index contributed by atoms with van der Waals surface area (Å²) in [6, 6.07) is 1.91. The van der Waals surface area contributed by atoms with Crippen LogP contribution in [0.2, 0.25) is 0 Å². The number of nitrogens with two attached hydrogens (primary N) is 2. The van der Waals surface area contributed by atoms with Crippen LogP contribution in [0.15, 0.2) is 23.0 Å². The van der Waals surface area contributed by atoms with E-state index in [0.717, 1.165) is 31.4 Å². The zero-order chi connectivity index (χ0) is 20.1. The molecule has 3 aliphatic rings. The van der Waals surface area contributed by atoms with E-state index in [1.54, 1.807) is 0 Å². The molecule has 2 amide bonds. The van der Waals surface area contributed by atoms with E-state index in [9.17, 15) is 4.79 Å². The van der Waals surface area contributed by atoms with Crippen molar-refractivity contribution >= 4 is 17.6 Å². The number of hydroxylamine groups is 1. The van der Waals surface area contributed by atoms with Gasteiger partial charge in [0.1, 0.15) is 5.70 Å². The first-order chi connectivity index (χ1) is 13.5. The van der Waals surface area contributed by atoms with Crippen LogP contribution in [-0.4, -0.2) is 30.3 Å². The van der Waals surface area contributed by atoms with E-state index in [1.165, 1.54) is 41.3 Å². The average molecular weight is 387 g/mol. The summed E-state index contributed by atoms with van der Waals surface area (Å²) in [5, 5.41) is 11.4. The molecule has 1 atom stereocenters. The Morgan fingerprint density at radius 3 is 2.36 bits per heavy atom. The summed E-state index contributed by atoms with van der Waals surface area (Å²) in [6.07, 6.45) is 8.08. The monoisotopic (exact) mass is 387 g/mol. The number of carbonyl (C=O) groups is 1. The molecule has 1 heterocycles. The number of ether oxygens (including phenoxy) is 1. The molecule has 0 aromatic heterocycles. The van der Waals surface area contributed by atoms with Crippen molar-refractivity contribution in [1.82, 2.24) is 5.48 Å². The number of fused-ring (bicyclic) bond motifs is 2. The summed E-state index contributed by atoms with van der Waals surface area (Å²) < 4.78 is 5.21. The van der Waals surface area contributed by atoms with Gasteiger partial charge in [0.15, 0.2) is 0 Å². The molecule has 1 aromatic carbocycles. The fourth-order valence-corrected chi connectivity index (χ4v) is 3.97. The van der Waals surface area contributed by atoms with Crippen molar-refractivity contribution in [2.75, 3.05) is 18.5 Å². The summed E-state index contributed by atoms with van der Waals surface area (Å²) in [7, 11) is 0. The number of nitrogens with zero attached hydrogens (tertiary/aromatic N) is 1. The molecule has 1 aliphatic heterocycles. The minimum atomic E-state index is -0.436. The Kier molecular flexibility index (Phi) is 6.41. The summed E-state index contributed by atoms with van der Waals surface area (Å²) in [5.41, 5.74) is 19.2. The zero-order valence-electron chi connectivity index (χ0n) is 16.3. The number of anilines is 1. The predicted molar refractivity (Wildman–Crippen MR) is 108 cm³/mol. The Balaban J connectivity index is 0.000000169. The summed E-state index contributed by atoms with van der Waals surface area (Å²) >= 11 is 0. The minimum Gasteiger partial charge on any atom is -0.476 e. The van der Waals surface area contributed by atoms with Crippen molar-refractivity contribution in [3.63, 3.8) is 0 Å². The number of rotatable bonds is 3. The first-order valence-electron chi connectivity index (χ1n) is 9.76. The van der Waals surface area contributed by atoms with Crippen LogP contribution in [0.5, 0.6) is 0 Å². The van der Waals surface area contributed by atoms with Gasteiger partial charge in [0.25, 0.3) is 0 Å². The number of hydrogen-bond donors (Lipinski definition) is 5. The molecule has 7 N–H and O–H groups in total. The molecule has 1 aromatic rings. The number of aliphatic imine (C=N–C) groups is 1. The van der Waals surface area contributed by atoms with Gasteiger partial charge in [0.05, 0.1) is 6.61 Å². The summed E-state index contributed by atoms with van der Waals surface area (Å²) in [4.78, 5) is 15.2. The van der Waals surface area contributed by atoms with Crippen LogP contribution in [0.4, 0.5) is 10.5 Å². The van der Waals surface area contributed by atoms with E-state index in [4.69, 9.17) is 21.4 Å². The van der Waals surface area contributed by atoms with E-state index in [-0.39, 0.29) is 0 Å². The van der Waals surface area contributed by atoms with Gasteiger partial charge < -0.3 is 21.5 Å². The molecule has 28 heavy (non-hydrogen) atoms. The van der Waals surface area contributed by atoms with Gasteiger partial charge in [-0.2, -0.15) is 0 Å². The third-order valence-corrected chi connectivity index (χ3v) is 5.29. The lowest BCUT2D eigenvalue weighted by Gasteiger charge is -2.19. The number of urea groups is 1. The highest BCUT2D eigenvalue weighted by atomic mass is 16.5. The van der Waals surface area contributed by atoms with Gasteiger partial charge in [0.2, 0.25) is 5.90 Å². The number of hydrogen-bond acceptors (Lipinski definition) is 6. The zero-order valence-corrected chi connectivity index (χ0v) is 16.3. The molecule has 0 bridgehead atoms. The number of nitrogens with one attached hydrogen (secondary N) is 2. The van der Waals surface area contributed by atoms with E-state index < -0.39 is 6.03 Å². The molecular weight excluding hydrogens is 358 g/mol. The van der Waals surface area contributed by atoms with Crippen LogP contribution in [0.25, 0.3) is 0 Å². The van der Waals surface area contributed by atoms with Crippen molar-refractivity contribution in [3.05, 3.63) is 40.2 Å². The molecule has 8 heteroatoms. The van der Waals surface area contributed by atoms with Gasteiger partial charge in [-0.25, -0.2) is 9.79 Å². The Morgan fingerprint density at radius 1 is 1.25 bits per heavy atom. The molecule has 0 fully saturated rings. The van der Waals surface area contributed by atoms with Crippen LogP contribution in [-0.2, 0) is 30.4 Å². The largest absolute Gasteiger partial charge is 0.476 e. The highest BCUT2D eigenvalue weighted by Crippen LogP contribution is 2.38. The SMILES string of the molecule is CC1CN=C(/C(=C\N)NO)OC1.NC(=O)Nc1c2c(cc3c1CCC3)CCC2. The molecule has 0 saturated heterocycles. The molecule has 0 radical (unpaired) electrons. The summed E-state index contributed by atoms with van der Waals surface area (Å²) in [6.45, 7) is 3.35. The smallest absolute Gasteiger partial charge is 0.316 e. The van der Waals surface area contributed by atoms with Gasteiger partial charge >= 0.3 is 6.03 Å². The van der Waals surface area contributed by atoms with E-state index in [0.29, 0.717) is 30.7 Å². The Bertz CT molecular complexity index is 771. The number of amides is 2. The highest BCUT2D eigenvalue weighted by molar-refractivity contribution is 5.93. The number of primary amides is 1. The standard InChI is InChI=1S/C13H16N2O.C7H13N3O2/c14-13(16)15-12-10-5-1-3-8(10)7-9-4-2-6-11(9)12;1-5-3-9-7(12-4-5)6(2-8)10-11/h7H,1-6H2,(H3,14,15,16);2,5,10-11H,3-4,8H2,1H3/b;6-2+. The van der Waals surface area contributed by atoms with Gasteiger partial charge in [-0.3, -0.25) is 10.7 Å². The van der Waals surface area contributed by atoms with Crippen LogP contribution in [0.1, 0.15) is 42.0 Å². The van der Waals surface area contributed by atoms with Gasteiger partial charge in [0, 0.05) is 24.4 Å². The minimum absolute atomic E-state index is 0.307. The Hall–Kier alpha value is -2.74. The lowest BCUT2D eigenvalue weighted by atomic mass is 9.99. The quantitative estimate of drug-likeness (QED) is 0.506. The predicted octanol–water partition coefficient (Wildman–Crippen LogP) is 1.98. The third kappa shape index (κ3) is 4.39. The van der Waals surface area contributed by atoms with E-state index >= 15 is 0 Å². The van der Waals surface area contributed by atoms with Crippen molar-refractivity contribution in [2.24, 2.45) is 22.4 Å². The van der Waals surface area contributed by atoms with Gasteiger partial charge in [-0.1, -0.05) is 13.0 Å². The molecule has 2 aliphatic carbocycles. The maximum Gasteiger partial charge on any atom is 0.316 e. The molecule has 0 saturated carbocycles. The van der Waals surface area contributed by atoms with Gasteiger partial charge in [-0.05, 0) is 60.8 Å². The Labute approximate surface area is 165 Å². The van der Waals surface area contributed by atoms with Crippen LogP contribution in [0, 0.1) is 5.92 Å². The average Bonchev–Trinajstić information content (AvgIpc) is 3.33. The van der Waals surface area contributed by atoms with Crippen LogP contribution < -0.4 is 22.3 Å².